The number of urea groups is 1. The zero-order valence-corrected chi connectivity index (χ0v) is 21.6. The molecule has 0 radical (unpaired) electrons. The summed E-state index contributed by atoms with van der Waals surface area (Å²) >= 11 is 0. The lowest BCUT2D eigenvalue weighted by molar-refractivity contribution is -0.138. The number of nitrogens with one attached hydrogen (secondary N) is 1. The van der Waals surface area contributed by atoms with E-state index in [1.165, 1.54) is 30.2 Å². The van der Waals surface area contributed by atoms with Crippen molar-refractivity contribution >= 4 is 23.2 Å². The van der Waals surface area contributed by atoms with Crippen LogP contribution >= 0.6 is 0 Å². The van der Waals surface area contributed by atoms with Crippen LogP contribution in [0.4, 0.5) is 42.5 Å². The number of nitrogens with zero attached hydrogens (tertiary/aromatic N) is 3. The van der Waals surface area contributed by atoms with Gasteiger partial charge in [0.15, 0.2) is 5.75 Å². The van der Waals surface area contributed by atoms with E-state index in [2.05, 4.69) is 10.3 Å². The van der Waals surface area contributed by atoms with Gasteiger partial charge in [-0.25, -0.2) is 9.79 Å². The first-order valence-corrected chi connectivity index (χ1v) is 12.6. The van der Waals surface area contributed by atoms with Crippen LogP contribution in [0.2, 0.25) is 0 Å². The number of carbonyl (C=O) groups excluding carboxylic acids is 1. The molecule has 2 heterocycles. The lowest BCUT2D eigenvalue weighted by Crippen LogP contribution is -2.39. The lowest BCUT2D eigenvalue weighted by atomic mass is 10.1. The highest BCUT2D eigenvalue weighted by Gasteiger charge is 2.33. The summed E-state index contributed by atoms with van der Waals surface area (Å²) in [7, 11) is 1.48. The smallest absolute Gasteiger partial charge is 0.416 e. The number of hydrogen-bond donors (Lipinski definition) is 1. The van der Waals surface area contributed by atoms with Gasteiger partial charge in [0.2, 0.25) is 0 Å². The van der Waals surface area contributed by atoms with Crippen molar-refractivity contribution in [1.82, 2.24) is 9.80 Å². The fourth-order valence-corrected chi connectivity index (χ4v) is 4.61. The molecule has 1 N–H and O–H groups in total. The fourth-order valence-electron chi connectivity index (χ4n) is 4.61. The van der Waals surface area contributed by atoms with Crippen LogP contribution in [0.3, 0.4) is 0 Å². The van der Waals surface area contributed by atoms with Crippen LogP contribution in [0.15, 0.2) is 65.7 Å². The molecule has 13 heteroatoms. The van der Waals surface area contributed by atoms with Crippen LogP contribution in [0.25, 0.3) is 0 Å². The molecular weight excluding hydrogens is 554 g/mol. The summed E-state index contributed by atoms with van der Waals surface area (Å²) in [6.45, 7) is 1.13. The van der Waals surface area contributed by atoms with Crippen LogP contribution in [0.5, 0.6) is 17.2 Å². The summed E-state index contributed by atoms with van der Waals surface area (Å²) in [5.74, 6) is 1.35. The third-order valence-electron chi connectivity index (χ3n) is 6.68. The zero-order valence-electron chi connectivity index (χ0n) is 21.6. The average Bonchev–Trinajstić information content (AvgIpc) is 3.26. The highest BCUT2D eigenvalue weighted by Crippen LogP contribution is 2.42. The van der Waals surface area contributed by atoms with Gasteiger partial charge in [0.1, 0.15) is 23.0 Å². The molecule has 1 saturated heterocycles. The molecule has 3 aromatic rings. The summed E-state index contributed by atoms with van der Waals surface area (Å²) in [6, 6.07) is 11.8. The number of alkyl halides is 6. The van der Waals surface area contributed by atoms with Gasteiger partial charge in [-0.3, -0.25) is 0 Å². The minimum atomic E-state index is -4.58. The van der Waals surface area contributed by atoms with E-state index >= 15 is 0 Å². The number of hydrogen-bond acceptors (Lipinski definition) is 5. The Bertz CT molecular complexity index is 1490. The van der Waals surface area contributed by atoms with Crippen LogP contribution in [0.1, 0.15) is 23.1 Å². The summed E-state index contributed by atoms with van der Waals surface area (Å²) in [5.41, 5.74) is -1.26. The molecule has 41 heavy (non-hydrogen) atoms. The quantitative estimate of drug-likeness (QED) is 0.328. The number of ether oxygens (including phenoxy) is 2. The van der Waals surface area contributed by atoms with Gasteiger partial charge in [0.25, 0.3) is 0 Å². The second-order valence-corrected chi connectivity index (χ2v) is 9.42. The van der Waals surface area contributed by atoms with E-state index in [-0.39, 0.29) is 30.2 Å². The van der Waals surface area contributed by atoms with Gasteiger partial charge in [-0.05, 0) is 61.0 Å². The van der Waals surface area contributed by atoms with E-state index in [0.717, 1.165) is 24.3 Å². The van der Waals surface area contributed by atoms with Gasteiger partial charge in [-0.2, -0.15) is 26.3 Å². The van der Waals surface area contributed by atoms with Crippen LogP contribution in [-0.4, -0.2) is 55.0 Å². The van der Waals surface area contributed by atoms with Crippen molar-refractivity contribution < 1.29 is 40.6 Å². The summed E-state index contributed by atoms with van der Waals surface area (Å²) < 4.78 is 90.9. The van der Waals surface area contributed by atoms with E-state index in [1.807, 2.05) is 4.90 Å². The van der Waals surface area contributed by atoms with Crippen LogP contribution in [-0.2, 0) is 12.4 Å². The van der Waals surface area contributed by atoms with E-state index in [4.69, 9.17) is 9.47 Å². The number of amidine groups is 1. The Kier molecular flexibility index (Phi) is 7.45. The SMILES string of the molecule is COc1ccc2c(c1)C(N1CCCN(C(=O)Nc3cccc(C(F)(F)F)c3)CC1)=Nc1cc(C(F)(F)F)ccc1O2. The number of fused-ring (bicyclic) bond motifs is 2. The standard InChI is InChI=1S/C28H24F6N4O3/c1-40-20-7-9-23-21(16-20)25(36-22-15-18(28(32,33)34)6-8-24(22)41-23)37-10-3-11-38(13-12-37)26(39)35-19-5-2-4-17(14-19)27(29,30)31/h2,4-9,14-16H,3,10-13H2,1H3,(H,35,39). The third-order valence-corrected chi connectivity index (χ3v) is 6.68. The zero-order chi connectivity index (χ0) is 29.4. The average molecular weight is 579 g/mol. The number of methoxy groups -OCH3 is 1. The Labute approximate surface area is 231 Å². The molecule has 1 fully saturated rings. The molecule has 3 aromatic carbocycles. The number of amides is 2. The molecule has 0 aromatic heterocycles. The lowest BCUT2D eigenvalue weighted by Gasteiger charge is -2.25. The molecule has 0 aliphatic carbocycles. The van der Waals surface area contributed by atoms with Crippen molar-refractivity contribution in [3.8, 4) is 17.2 Å². The Morgan fingerprint density at radius 3 is 2.34 bits per heavy atom. The van der Waals surface area contributed by atoms with Gasteiger partial charge in [-0.15, -0.1) is 0 Å². The van der Waals surface area contributed by atoms with Gasteiger partial charge < -0.3 is 24.6 Å². The Hall–Kier alpha value is -4.42. The molecule has 2 aliphatic heterocycles. The first-order valence-electron chi connectivity index (χ1n) is 12.6. The van der Waals surface area contributed by atoms with E-state index in [0.29, 0.717) is 42.4 Å². The molecule has 2 aliphatic rings. The first kappa shape index (κ1) is 28.1. The van der Waals surface area contributed by atoms with E-state index < -0.39 is 29.5 Å². The van der Waals surface area contributed by atoms with Gasteiger partial charge in [-0.1, -0.05) is 6.07 Å². The topological polar surface area (TPSA) is 66.4 Å². The van der Waals surface area contributed by atoms with Crippen molar-refractivity contribution in [2.75, 3.05) is 38.6 Å². The van der Waals surface area contributed by atoms with Crippen LogP contribution in [0, 0.1) is 0 Å². The number of halogens is 6. The summed E-state index contributed by atoms with van der Waals surface area (Å²) in [5, 5.41) is 2.52. The number of aliphatic imine (C=N–C) groups is 1. The van der Waals surface area contributed by atoms with Crippen molar-refractivity contribution in [2.45, 2.75) is 18.8 Å². The monoisotopic (exact) mass is 578 g/mol. The largest absolute Gasteiger partial charge is 0.497 e. The van der Waals surface area contributed by atoms with Gasteiger partial charge >= 0.3 is 18.4 Å². The molecule has 0 atom stereocenters. The maximum Gasteiger partial charge on any atom is 0.416 e. The van der Waals surface area contributed by atoms with E-state index in [1.54, 1.807) is 18.2 Å². The second kappa shape index (κ2) is 10.9. The molecule has 2 amide bonds. The molecule has 216 valence electrons. The molecule has 0 saturated carbocycles. The van der Waals surface area contributed by atoms with Crippen molar-refractivity contribution in [3.05, 3.63) is 77.4 Å². The third kappa shape index (κ3) is 6.18. The molecule has 0 bridgehead atoms. The number of rotatable bonds is 2. The highest BCUT2D eigenvalue weighted by molar-refractivity contribution is 6.04. The Morgan fingerprint density at radius 2 is 1.61 bits per heavy atom. The number of benzene rings is 3. The van der Waals surface area contributed by atoms with Crippen molar-refractivity contribution in [1.29, 1.82) is 0 Å². The number of anilines is 1. The van der Waals surface area contributed by atoms with Gasteiger partial charge in [0.05, 0.1) is 23.8 Å². The predicted octanol–water partition coefficient (Wildman–Crippen LogP) is 7.16. The minimum Gasteiger partial charge on any atom is -0.497 e. The Balaban J connectivity index is 1.42. The minimum absolute atomic E-state index is 0.00613. The molecular formula is C28H24F6N4O3. The first-order chi connectivity index (χ1) is 19.4. The second-order valence-electron chi connectivity index (χ2n) is 9.42. The molecule has 0 spiro atoms. The summed E-state index contributed by atoms with van der Waals surface area (Å²) in [4.78, 5) is 20.9. The maximum atomic E-state index is 13.5. The predicted molar refractivity (Wildman–Crippen MR) is 139 cm³/mol. The molecule has 0 unspecified atom stereocenters. The molecule has 5 rings (SSSR count). The fraction of sp³-hybridized carbons (Fsp3) is 0.286. The van der Waals surface area contributed by atoms with Gasteiger partial charge in [0, 0.05) is 31.9 Å². The van der Waals surface area contributed by atoms with Crippen molar-refractivity contribution in [2.24, 2.45) is 4.99 Å². The molecule has 7 nitrogen and oxygen atoms in total. The van der Waals surface area contributed by atoms with Crippen LogP contribution < -0.4 is 14.8 Å². The van der Waals surface area contributed by atoms with Crippen molar-refractivity contribution in [3.63, 3.8) is 0 Å². The maximum absolute atomic E-state index is 13.5. The summed E-state index contributed by atoms with van der Waals surface area (Å²) in [6.07, 6.45) is -8.67. The Morgan fingerprint density at radius 1 is 0.878 bits per heavy atom. The van der Waals surface area contributed by atoms with E-state index in [9.17, 15) is 31.1 Å². The number of carbonyl (C=O) groups is 1. The highest BCUT2D eigenvalue weighted by atomic mass is 19.4. The normalized spacial score (nSPS) is 15.5.